The van der Waals surface area contributed by atoms with Gasteiger partial charge in [-0.1, -0.05) is 26.2 Å². The van der Waals surface area contributed by atoms with Gasteiger partial charge >= 0.3 is 0 Å². The van der Waals surface area contributed by atoms with Gasteiger partial charge in [-0.25, -0.2) is 0 Å². The highest BCUT2D eigenvalue weighted by Gasteiger charge is 2.16. The van der Waals surface area contributed by atoms with Gasteiger partial charge in [-0.2, -0.15) is 0 Å². The molecule has 0 radical (unpaired) electrons. The van der Waals surface area contributed by atoms with Gasteiger partial charge in [0, 0.05) is 20.2 Å². The van der Waals surface area contributed by atoms with Crippen molar-refractivity contribution in [3.63, 3.8) is 0 Å². The summed E-state index contributed by atoms with van der Waals surface area (Å²) in [5, 5.41) is 0. The molecule has 1 rings (SSSR count). The van der Waals surface area contributed by atoms with Crippen molar-refractivity contribution < 1.29 is 4.74 Å². The fourth-order valence-corrected chi connectivity index (χ4v) is 2.51. The molecule has 1 saturated heterocycles. The lowest BCUT2D eigenvalue weighted by Gasteiger charge is -2.27. The van der Waals surface area contributed by atoms with Crippen LogP contribution in [0.4, 0.5) is 0 Å². The largest absolute Gasteiger partial charge is 0.367 e. The maximum atomic E-state index is 5.41. The topological polar surface area (TPSA) is 12.5 Å². The average Bonchev–Trinajstić information content (AvgIpc) is 2.39. The number of rotatable bonds is 3. The van der Waals surface area contributed by atoms with Gasteiger partial charge in [-0.15, -0.1) is 0 Å². The van der Waals surface area contributed by atoms with Gasteiger partial charge in [0.15, 0.2) is 0 Å². The number of nitrogens with zero attached hydrogens (tertiary/aromatic N) is 1. The van der Waals surface area contributed by atoms with Crippen LogP contribution < -0.4 is 0 Å². The Morgan fingerprint density at radius 2 is 1.87 bits per heavy atom. The molecule has 1 heterocycles. The zero-order valence-electron chi connectivity index (χ0n) is 10.7. The van der Waals surface area contributed by atoms with Crippen LogP contribution in [0.5, 0.6) is 0 Å². The molecule has 0 amide bonds. The minimum atomic E-state index is 0.295. The Morgan fingerprint density at radius 1 is 1.20 bits per heavy atom. The Kier molecular flexibility index (Phi) is 6.26. The van der Waals surface area contributed by atoms with Crippen LogP contribution >= 0.6 is 0 Å². The van der Waals surface area contributed by atoms with Gasteiger partial charge in [0.25, 0.3) is 0 Å². The molecule has 1 aliphatic rings. The molecule has 0 aliphatic carbocycles. The Hall–Kier alpha value is -0.0800. The van der Waals surface area contributed by atoms with E-state index in [1.165, 1.54) is 51.6 Å². The van der Waals surface area contributed by atoms with Crippen molar-refractivity contribution in [2.45, 2.75) is 58.6 Å². The number of methoxy groups -OCH3 is 1. The average molecular weight is 213 g/mol. The molecule has 0 N–H and O–H groups in total. The Balaban J connectivity index is 2.38. The third-order valence-electron chi connectivity index (χ3n) is 3.80. The smallest absolute Gasteiger partial charge is 0.107 e. The molecule has 15 heavy (non-hydrogen) atoms. The van der Waals surface area contributed by atoms with Gasteiger partial charge in [0.05, 0.1) is 0 Å². The van der Waals surface area contributed by atoms with Gasteiger partial charge in [0.2, 0.25) is 0 Å². The molecule has 0 aromatic rings. The molecule has 1 aliphatic heterocycles. The second kappa shape index (κ2) is 7.24. The number of ether oxygens (including phenoxy) is 1. The molecule has 0 saturated carbocycles. The fourth-order valence-electron chi connectivity index (χ4n) is 2.51. The number of hydrogen-bond donors (Lipinski definition) is 0. The molecule has 0 bridgehead atoms. The van der Waals surface area contributed by atoms with E-state index in [-0.39, 0.29) is 0 Å². The summed E-state index contributed by atoms with van der Waals surface area (Å²) in [6.07, 6.45) is 8.57. The fraction of sp³-hybridized carbons (Fsp3) is 1.00. The SMILES string of the molecule is CCC1CCCCN([C@H](C)OC)CCC1. The highest BCUT2D eigenvalue weighted by atomic mass is 16.5. The van der Waals surface area contributed by atoms with Crippen molar-refractivity contribution in [2.24, 2.45) is 5.92 Å². The minimum absolute atomic E-state index is 0.295. The molecule has 90 valence electrons. The first-order valence-electron chi connectivity index (χ1n) is 6.54. The molecule has 2 nitrogen and oxygen atoms in total. The summed E-state index contributed by atoms with van der Waals surface area (Å²) in [7, 11) is 1.81. The van der Waals surface area contributed by atoms with E-state index in [0.29, 0.717) is 6.23 Å². The minimum Gasteiger partial charge on any atom is -0.367 e. The molecule has 1 fully saturated rings. The van der Waals surface area contributed by atoms with Gasteiger partial charge in [0.1, 0.15) is 6.23 Å². The summed E-state index contributed by atoms with van der Waals surface area (Å²) >= 11 is 0. The van der Waals surface area contributed by atoms with Gasteiger partial charge < -0.3 is 4.74 Å². The first-order chi connectivity index (χ1) is 7.27. The van der Waals surface area contributed by atoms with E-state index in [9.17, 15) is 0 Å². The van der Waals surface area contributed by atoms with E-state index in [1.807, 2.05) is 7.11 Å². The van der Waals surface area contributed by atoms with E-state index in [4.69, 9.17) is 4.74 Å². The molecular formula is C13H27NO. The lowest BCUT2D eigenvalue weighted by atomic mass is 9.95. The summed E-state index contributed by atoms with van der Waals surface area (Å²) in [6, 6.07) is 0. The summed E-state index contributed by atoms with van der Waals surface area (Å²) in [5.41, 5.74) is 0. The molecular weight excluding hydrogens is 186 g/mol. The quantitative estimate of drug-likeness (QED) is 0.713. The van der Waals surface area contributed by atoms with Crippen molar-refractivity contribution in [2.75, 3.05) is 20.2 Å². The molecule has 0 spiro atoms. The Labute approximate surface area is 95.0 Å². The van der Waals surface area contributed by atoms with Crippen LogP contribution in [0.25, 0.3) is 0 Å². The maximum absolute atomic E-state index is 5.41. The Morgan fingerprint density at radius 3 is 2.53 bits per heavy atom. The van der Waals surface area contributed by atoms with Gasteiger partial charge in [-0.3, -0.25) is 4.90 Å². The van der Waals surface area contributed by atoms with Crippen molar-refractivity contribution in [3.8, 4) is 0 Å². The molecule has 2 heteroatoms. The Bertz CT molecular complexity index is 161. The third kappa shape index (κ3) is 4.52. The van der Waals surface area contributed by atoms with Crippen LogP contribution in [0.3, 0.4) is 0 Å². The molecule has 1 unspecified atom stereocenters. The predicted octanol–water partition coefficient (Wildman–Crippen LogP) is 3.27. The second-order valence-electron chi connectivity index (χ2n) is 4.78. The summed E-state index contributed by atoms with van der Waals surface area (Å²) < 4.78 is 5.41. The van der Waals surface area contributed by atoms with E-state index >= 15 is 0 Å². The van der Waals surface area contributed by atoms with Crippen molar-refractivity contribution in [1.82, 2.24) is 4.90 Å². The summed E-state index contributed by atoms with van der Waals surface area (Å²) in [6.45, 7) is 6.92. The van der Waals surface area contributed by atoms with E-state index in [1.54, 1.807) is 0 Å². The van der Waals surface area contributed by atoms with Crippen LogP contribution in [0.1, 0.15) is 52.4 Å². The van der Waals surface area contributed by atoms with Crippen LogP contribution in [-0.4, -0.2) is 31.3 Å². The van der Waals surface area contributed by atoms with E-state index < -0.39 is 0 Å². The van der Waals surface area contributed by atoms with E-state index in [0.717, 1.165) is 5.92 Å². The first kappa shape index (κ1) is 13.0. The summed E-state index contributed by atoms with van der Waals surface area (Å²) in [4.78, 5) is 2.48. The number of hydrogen-bond acceptors (Lipinski definition) is 2. The van der Waals surface area contributed by atoms with Crippen molar-refractivity contribution >= 4 is 0 Å². The lowest BCUT2D eigenvalue weighted by Crippen LogP contribution is -2.35. The van der Waals surface area contributed by atoms with E-state index in [2.05, 4.69) is 18.7 Å². The zero-order chi connectivity index (χ0) is 11.1. The first-order valence-corrected chi connectivity index (χ1v) is 6.54. The van der Waals surface area contributed by atoms with Crippen molar-refractivity contribution in [3.05, 3.63) is 0 Å². The predicted molar refractivity (Wildman–Crippen MR) is 64.9 cm³/mol. The molecule has 0 aromatic heterocycles. The normalized spacial score (nSPS) is 27.8. The molecule has 2 atom stereocenters. The summed E-state index contributed by atoms with van der Waals surface area (Å²) in [5.74, 6) is 0.975. The van der Waals surface area contributed by atoms with Crippen LogP contribution in [0.15, 0.2) is 0 Å². The maximum Gasteiger partial charge on any atom is 0.107 e. The lowest BCUT2D eigenvalue weighted by molar-refractivity contribution is -0.0197. The third-order valence-corrected chi connectivity index (χ3v) is 3.80. The van der Waals surface area contributed by atoms with Crippen molar-refractivity contribution in [1.29, 1.82) is 0 Å². The van der Waals surface area contributed by atoms with Crippen LogP contribution in [0.2, 0.25) is 0 Å². The standard InChI is InChI=1S/C13H27NO/c1-4-13-8-5-6-10-14(11-7-9-13)12(2)15-3/h12-13H,4-11H2,1-3H3/t12-,13?/m0/s1. The van der Waals surface area contributed by atoms with Crippen LogP contribution in [0, 0.1) is 5.92 Å². The monoisotopic (exact) mass is 213 g/mol. The van der Waals surface area contributed by atoms with Crippen LogP contribution in [-0.2, 0) is 4.74 Å². The second-order valence-corrected chi connectivity index (χ2v) is 4.78. The highest BCUT2D eigenvalue weighted by Crippen LogP contribution is 2.21. The molecule has 0 aromatic carbocycles. The zero-order valence-corrected chi connectivity index (χ0v) is 10.7. The van der Waals surface area contributed by atoms with Gasteiger partial charge in [-0.05, 0) is 32.1 Å². The highest BCUT2D eigenvalue weighted by molar-refractivity contribution is 4.67.